The summed E-state index contributed by atoms with van der Waals surface area (Å²) < 4.78 is 0. The summed E-state index contributed by atoms with van der Waals surface area (Å²) in [6, 6.07) is 29.3. The van der Waals surface area contributed by atoms with E-state index in [1.807, 2.05) is 12.1 Å². The molecule has 0 spiro atoms. The van der Waals surface area contributed by atoms with Crippen molar-refractivity contribution in [3.05, 3.63) is 151 Å². The van der Waals surface area contributed by atoms with Crippen LogP contribution in [-0.2, 0) is 5.41 Å². The zero-order valence-corrected chi connectivity index (χ0v) is 26.7. The van der Waals surface area contributed by atoms with Gasteiger partial charge < -0.3 is 0 Å². The summed E-state index contributed by atoms with van der Waals surface area (Å²) in [4.78, 5) is 52.2. The lowest BCUT2D eigenvalue weighted by Gasteiger charge is -2.35. The van der Waals surface area contributed by atoms with Crippen LogP contribution in [0, 0.1) is 0 Å². The molecule has 3 heterocycles. The van der Waals surface area contributed by atoms with Gasteiger partial charge in [0.15, 0.2) is 23.3 Å². The monoisotopic (exact) mass is 650 g/mol. The number of aliphatic imine (C=N–C) groups is 3. The lowest BCUT2D eigenvalue weighted by atomic mass is 9.66. The van der Waals surface area contributed by atoms with Crippen molar-refractivity contribution in [1.82, 2.24) is 44.9 Å². The number of hydrogen-bond acceptors (Lipinski definition) is 10. The molecule has 0 amide bonds. The highest BCUT2D eigenvalue weighted by atomic mass is 15.0. The smallest absolute Gasteiger partial charge is 0.162 e. The van der Waals surface area contributed by atoms with Crippen molar-refractivity contribution in [2.45, 2.75) is 5.41 Å². The third-order valence-electron chi connectivity index (χ3n) is 8.64. The summed E-state index contributed by atoms with van der Waals surface area (Å²) in [7, 11) is 1.65. The van der Waals surface area contributed by atoms with Crippen molar-refractivity contribution in [2.75, 3.05) is 7.05 Å². The second-order valence-corrected chi connectivity index (χ2v) is 11.3. The summed E-state index contributed by atoms with van der Waals surface area (Å²) in [6.45, 7) is 3.84. The van der Waals surface area contributed by atoms with Crippen LogP contribution >= 0.6 is 0 Å². The minimum absolute atomic E-state index is 0.396. The maximum atomic E-state index is 4.52. The first-order chi connectivity index (χ1) is 24.7. The lowest BCUT2D eigenvalue weighted by Crippen LogP contribution is -2.29. The van der Waals surface area contributed by atoms with E-state index in [4.69, 9.17) is 0 Å². The van der Waals surface area contributed by atoms with Crippen molar-refractivity contribution in [1.29, 1.82) is 0 Å². The molecule has 0 bridgehead atoms. The van der Waals surface area contributed by atoms with E-state index in [0.29, 0.717) is 28.9 Å². The van der Waals surface area contributed by atoms with Gasteiger partial charge in [-0.15, -0.1) is 0 Å². The number of rotatable bonds is 7. The molecule has 7 aromatic rings. The van der Waals surface area contributed by atoms with Crippen molar-refractivity contribution >= 4 is 18.9 Å². The van der Waals surface area contributed by atoms with Crippen LogP contribution in [0.5, 0.6) is 0 Å². The zero-order chi connectivity index (χ0) is 33.9. The van der Waals surface area contributed by atoms with Crippen molar-refractivity contribution in [3.63, 3.8) is 0 Å². The molecule has 8 rings (SSSR count). The van der Waals surface area contributed by atoms with Gasteiger partial charge in [0.25, 0.3) is 0 Å². The van der Waals surface area contributed by atoms with E-state index in [1.54, 1.807) is 7.05 Å². The number of aromatic nitrogens is 9. The van der Waals surface area contributed by atoms with Crippen LogP contribution < -0.4 is 0 Å². The Hall–Kier alpha value is -7.08. The van der Waals surface area contributed by atoms with E-state index >= 15 is 0 Å². The third-order valence-corrected chi connectivity index (χ3v) is 8.64. The predicted octanol–water partition coefficient (Wildman–Crippen LogP) is 5.71. The second-order valence-electron chi connectivity index (χ2n) is 11.3. The molecule has 0 saturated carbocycles. The van der Waals surface area contributed by atoms with Gasteiger partial charge >= 0.3 is 0 Å². The summed E-state index contributed by atoms with van der Waals surface area (Å²) in [5.41, 5.74) is 8.33. The number of amidine groups is 1. The van der Waals surface area contributed by atoms with Crippen molar-refractivity contribution in [2.24, 2.45) is 15.0 Å². The molecule has 0 N–H and O–H groups in total. The van der Waals surface area contributed by atoms with Gasteiger partial charge in [-0.3, -0.25) is 4.99 Å². The Bertz CT molecular complexity index is 2310. The molecule has 238 valence electrons. The Morgan fingerprint density at radius 3 is 1.48 bits per heavy atom. The summed E-state index contributed by atoms with van der Waals surface area (Å²) in [6.07, 6.45) is 10.4. The summed E-state index contributed by atoms with van der Waals surface area (Å²) in [5.74, 6) is 1.91. The lowest BCUT2D eigenvalue weighted by molar-refractivity contribution is 0.768. The van der Waals surface area contributed by atoms with Crippen LogP contribution in [-0.4, -0.2) is 70.8 Å². The Balaban J connectivity index is 1.53. The molecule has 12 nitrogen and oxygen atoms in total. The highest BCUT2D eigenvalue weighted by molar-refractivity contribution is 6.05. The Morgan fingerprint density at radius 1 is 0.580 bits per heavy atom. The van der Waals surface area contributed by atoms with Crippen LogP contribution in [0.4, 0.5) is 0 Å². The maximum absolute atomic E-state index is 4.52. The molecule has 1 aliphatic rings. The van der Waals surface area contributed by atoms with Gasteiger partial charge in [0.05, 0.1) is 5.41 Å². The Kier molecular flexibility index (Phi) is 7.78. The molecule has 4 aromatic carbocycles. The molecule has 50 heavy (non-hydrogen) atoms. The Morgan fingerprint density at radius 2 is 1.02 bits per heavy atom. The largest absolute Gasteiger partial charge is 0.277 e. The molecular weight excluding hydrogens is 625 g/mol. The fraction of sp³-hybridized carbons (Fsp3) is 0.0526. The fourth-order valence-electron chi connectivity index (χ4n) is 6.71. The van der Waals surface area contributed by atoms with E-state index in [2.05, 4.69) is 139 Å². The first kappa shape index (κ1) is 30.3. The topological polar surface area (TPSA) is 153 Å². The molecular formula is C38H26N12. The van der Waals surface area contributed by atoms with E-state index in [9.17, 15) is 0 Å². The molecule has 3 aromatic heterocycles. The summed E-state index contributed by atoms with van der Waals surface area (Å²) in [5, 5.41) is 0. The molecule has 12 heteroatoms. The van der Waals surface area contributed by atoms with Gasteiger partial charge in [0.1, 0.15) is 44.3 Å². The molecule has 1 aliphatic carbocycles. The van der Waals surface area contributed by atoms with Crippen molar-refractivity contribution < 1.29 is 0 Å². The fourth-order valence-corrected chi connectivity index (χ4v) is 6.71. The van der Waals surface area contributed by atoms with Crippen molar-refractivity contribution in [3.8, 4) is 45.3 Å². The Labute approximate surface area is 286 Å². The average molecular weight is 651 g/mol. The summed E-state index contributed by atoms with van der Waals surface area (Å²) >= 11 is 0. The molecule has 0 unspecified atom stereocenters. The number of fused-ring (bicyclic) bond motifs is 3. The van der Waals surface area contributed by atoms with Gasteiger partial charge in [-0.05, 0) is 76.5 Å². The van der Waals surface area contributed by atoms with Gasteiger partial charge in [-0.1, -0.05) is 48.5 Å². The quantitative estimate of drug-likeness (QED) is 0.156. The van der Waals surface area contributed by atoms with Gasteiger partial charge in [0, 0.05) is 29.3 Å². The zero-order valence-electron chi connectivity index (χ0n) is 26.7. The second kappa shape index (κ2) is 12.8. The molecule has 0 fully saturated rings. The number of nitrogens with zero attached hydrogens (tertiary/aromatic N) is 12. The van der Waals surface area contributed by atoms with Crippen LogP contribution in [0.25, 0.3) is 45.3 Å². The van der Waals surface area contributed by atoms with Crippen LogP contribution in [0.15, 0.2) is 138 Å². The minimum atomic E-state index is -0.888. The van der Waals surface area contributed by atoms with Gasteiger partial charge in [0.2, 0.25) is 0 Å². The van der Waals surface area contributed by atoms with E-state index in [1.165, 1.54) is 44.3 Å². The highest BCUT2D eigenvalue weighted by Crippen LogP contribution is 2.57. The first-order valence-electron chi connectivity index (χ1n) is 15.5. The van der Waals surface area contributed by atoms with Crippen LogP contribution in [0.2, 0.25) is 0 Å². The molecule has 0 aliphatic heterocycles. The maximum Gasteiger partial charge on any atom is 0.162 e. The first-order valence-corrected chi connectivity index (χ1v) is 15.5. The van der Waals surface area contributed by atoms with Crippen LogP contribution in [0.3, 0.4) is 0 Å². The molecule has 0 radical (unpaired) electrons. The average Bonchev–Trinajstić information content (AvgIpc) is 3.50. The van der Waals surface area contributed by atoms with Gasteiger partial charge in [-0.2, -0.15) is 0 Å². The molecule has 0 atom stereocenters. The van der Waals surface area contributed by atoms with E-state index in [-0.39, 0.29) is 0 Å². The minimum Gasteiger partial charge on any atom is -0.277 e. The SMILES string of the molecule is C=N/C(=N\C=N/C)c1cc(-c2ncncn2)cc(C2(c3cc(-c4ncncn4)cc(-c4ncncn4)c3)c3ccccc3-c3ccccc32)c1. The third kappa shape index (κ3) is 5.11. The number of benzene rings is 4. The van der Waals surface area contributed by atoms with Gasteiger partial charge in [-0.25, -0.2) is 54.8 Å². The standard InChI is InChI=1S/C38H26N12/c1-39-17-44-34(40-2)24-11-25(35-45-18-41-19-46-35)14-28(13-24)38(32-9-5-3-7-30(32)31-8-4-6-10-33(31)38)29-15-26(36-47-20-42-21-48-36)12-27(16-29)37-49-22-43-23-50-37/h3-23H,2H2,1H3/b39-17-,44-34-. The van der Waals surface area contributed by atoms with E-state index < -0.39 is 5.41 Å². The van der Waals surface area contributed by atoms with E-state index in [0.717, 1.165) is 50.1 Å². The predicted molar refractivity (Wildman–Crippen MR) is 191 cm³/mol. The van der Waals surface area contributed by atoms with Crippen LogP contribution in [0.1, 0.15) is 27.8 Å². The highest BCUT2D eigenvalue weighted by Gasteiger charge is 2.47. The normalized spacial score (nSPS) is 13.2. The molecule has 0 saturated heterocycles. The number of hydrogen-bond donors (Lipinski definition) is 0.